The Bertz CT molecular complexity index is 635. The molecule has 18 heavy (non-hydrogen) atoms. The largest absolute Gasteiger partial charge is 0.388 e. The van der Waals surface area contributed by atoms with E-state index in [1.807, 2.05) is 0 Å². The smallest absolute Gasteiger partial charge is 0.167 e. The van der Waals surface area contributed by atoms with Crippen molar-refractivity contribution in [2.24, 2.45) is 0 Å². The van der Waals surface area contributed by atoms with E-state index in [-0.39, 0.29) is 11.5 Å². The van der Waals surface area contributed by atoms with Crippen LogP contribution in [0.15, 0.2) is 12.7 Å². The third-order valence-electron chi connectivity index (χ3n) is 2.96. The van der Waals surface area contributed by atoms with Gasteiger partial charge in [-0.15, -0.1) is 0 Å². The van der Waals surface area contributed by atoms with E-state index in [0.29, 0.717) is 5.52 Å². The number of aliphatic hydroxyl groups is 2. The Morgan fingerprint density at radius 1 is 1.39 bits per heavy atom. The second-order valence-electron chi connectivity index (χ2n) is 4.14. The molecule has 0 aromatic carbocycles. The molecule has 0 amide bonds. The highest BCUT2D eigenvalue weighted by atomic mass is 16.6. The fourth-order valence-electron chi connectivity index (χ4n) is 1.95. The van der Waals surface area contributed by atoms with Crippen LogP contribution in [0.4, 0.5) is 5.82 Å². The molecule has 8 nitrogen and oxygen atoms in total. The maximum absolute atomic E-state index is 10.0. The van der Waals surface area contributed by atoms with Gasteiger partial charge in [0.25, 0.3) is 0 Å². The number of imidazole rings is 1. The standard InChI is InChI=1S/C10H13N5O3/c1-4-6(16)7(17)10(18-4)15-3-14-5-8(11)12-2-13-9(5)15/h2-4,6-7,10,16-17H,1H3,(H2,11,12,13)/t4-,6-,7-,10-/m1/s1/i10D. The van der Waals surface area contributed by atoms with E-state index in [1.165, 1.54) is 17.2 Å². The summed E-state index contributed by atoms with van der Waals surface area (Å²) in [5.74, 6) is 0.174. The fraction of sp³-hybridized carbons (Fsp3) is 0.500. The minimum absolute atomic E-state index is 0.174. The second-order valence-corrected chi connectivity index (χ2v) is 4.14. The first-order chi connectivity index (χ1) is 8.95. The van der Waals surface area contributed by atoms with Crippen LogP contribution in [0.25, 0.3) is 11.2 Å². The highest BCUT2D eigenvalue weighted by molar-refractivity contribution is 5.81. The summed E-state index contributed by atoms with van der Waals surface area (Å²) < 4.78 is 14.8. The molecule has 0 radical (unpaired) electrons. The lowest BCUT2D eigenvalue weighted by molar-refractivity contribution is -0.0299. The molecule has 3 rings (SSSR count). The first-order valence-corrected chi connectivity index (χ1v) is 5.43. The van der Waals surface area contributed by atoms with Crippen LogP contribution in [0, 0.1) is 0 Å². The van der Waals surface area contributed by atoms with Crippen molar-refractivity contribution in [2.75, 3.05) is 5.73 Å². The van der Waals surface area contributed by atoms with Crippen LogP contribution in [0.1, 0.15) is 14.5 Å². The topological polar surface area (TPSA) is 119 Å². The Balaban J connectivity index is 2.17. The molecule has 1 fully saturated rings. The average Bonchev–Trinajstić information content (AvgIpc) is 2.89. The molecule has 4 N–H and O–H groups in total. The number of rotatable bonds is 1. The van der Waals surface area contributed by atoms with Crippen molar-refractivity contribution in [3.8, 4) is 0 Å². The Hall–Kier alpha value is -1.77. The molecule has 96 valence electrons. The molecule has 1 aliphatic rings. The van der Waals surface area contributed by atoms with E-state index < -0.39 is 24.5 Å². The quantitative estimate of drug-likeness (QED) is 0.598. The Morgan fingerprint density at radius 3 is 2.83 bits per heavy atom. The Morgan fingerprint density at radius 2 is 2.17 bits per heavy atom. The fourth-order valence-corrected chi connectivity index (χ4v) is 1.95. The summed E-state index contributed by atoms with van der Waals surface area (Å²) in [5.41, 5.74) is 6.24. The molecule has 0 spiro atoms. The number of hydrogen-bond acceptors (Lipinski definition) is 7. The first kappa shape index (κ1) is 10.2. The third kappa shape index (κ3) is 1.47. The predicted octanol–water partition coefficient (Wildman–Crippen LogP) is -0.952. The lowest BCUT2D eigenvalue weighted by atomic mass is 10.1. The van der Waals surface area contributed by atoms with Crippen molar-refractivity contribution in [1.29, 1.82) is 0 Å². The minimum Gasteiger partial charge on any atom is -0.388 e. The van der Waals surface area contributed by atoms with Gasteiger partial charge >= 0.3 is 0 Å². The lowest BCUT2D eigenvalue weighted by Crippen LogP contribution is -2.30. The summed E-state index contributed by atoms with van der Waals surface area (Å²) in [5, 5.41) is 19.7. The van der Waals surface area contributed by atoms with Gasteiger partial charge in [-0.05, 0) is 6.92 Å². The van der Waals surface area contributed by atoms with Crippen LogP contribution < -0.4 is 5.73 Å². The summed E-state index contributed by atoms with van der Waals surface area (Å²) in [6, 6.07) is 0. The van der Waals surface area contributed by atoms with Crippen LogP contribution in [-0.2, 0) is 4.74 Å². The van der Waals surface area contributed by atoms with Crippen LogP contribution in [0.3, 0.4) is 0 Å². The van der Waals surface area contributed by atoms with Gasteiger partial charge in [-0.1, -0.05) is 0 Å². The number of ether oxygens (including phenoxy) is 1. The van der Waals surface area contributed by atoms with Crippen molar-refractivity contribution in [3.63, 3.8) is 0 Å². The molecule has 0 bridgehead atoms. The number of nitrogen functional groups attached to an aromatic ring is 1. The number of nitrogens with two attached hydrogens (primary N) is 1. The molecule has 4 atom stereocenters. The zero-order valence-electron chi connectivity index (χ0n) is 10.6. The van der Waals surface area contributed by atoms with Crippen LogP contribution in [0.2, 0.25) is 0 Å². The van der Waals surface area contributed by atoms with E-state index in [4.69, 9.17) is 11.8 Å². The number of aliphatic hydroxyl groups excluding tert-OH is 2. The van der Waals surface area contributed by atoms with Gasteiger partial charge < -0.3 is 20.7 Å². The summed E-state index contributed by atoms with van der Waals surface area (Å²) in [7, 11) is 0. The molecule has 1 saturated heterocycles. The lowest BCUT2D eigenvalue weighted by Gasteiger charge is -2.16. The maximum Gasteiger partial charge on any atom is 0.167 e. The SMILES string of the molecule is [2H][C@@]1(n2cnc3c(N)ncnc32)O[C@H](C)[C@@H](O)[C@H]1O. The van der Waals surface area contributed by atoms with E-state index in [0.717, 1.165) is 0 Å². The maximum atomic E-state index is 10.0. The average molecular weight is 252 g/mol. The molecule has 8 heteroatoms. The Kier molecular flexibility index (Phi) is 2.19. The highest BCUT2D eigenvalue weighted by Crippen LogP contribution is 2.31. The molecular formula is C10H13N5O3. The van der Waals surface area contributed by atoms with Crippen molar-refractivity contribution < 1.29 is 16.3 Å². The van der Waals surface area contributed by atoms with Gasteiger partial charge in [-0.3, -0.25) is 4.57 Å². The molecule has 0 saturated carbocycles. The number of anilines is 1. The number of hydrogen-bond donors (Lipinski definition) is 3. The zero-order valence-corrected chi connectivity index (χ0v) is 9.56. The van der Waals surface area contributed by atoms with E-state index in [2.05, 4.69) is 15.0 Å². The van der Waals surface area contributed by atoms with Crippen molar-refractivity contribution in [2.45, 2.75) is 31.4 Å². The first-order valence-electron chi connectivity index (χ1n) is 5.93. The molecule has 3 heterocycles. The Labute approximate surface area is 103 Å². The van der Waals surface area contributed by atoms with Gasteiger partial charge in [0.15, 0.2) is 17.7 Å². The van der Waals surface area contributed by atoms with E-state index in [1.54, 1.807) is 6.92 Å². The second kappa shape index (κ2) is 3.87. The van der Waals surface area contributed by atoms with Crippen molar-refractivity contribution in [1.82, 2.24) is 19.5 Å². The van der Waals surface area contributed by atoms with Gasteiger partial charge in [0.2, 0.25) is 0 Å². The van der Waals surface area contributed by atoms with Gasteiger partial charge in [0.05, 0.1) is 13.8 Å². The number of fused-ring (bicyclic) bond motifs is 1. The molecule has 1 aliphatic heterocycles. The van der Waals surface area contributed by atoms with Gasteiger partial charge in [0, 0.05) is 0 Å². The normalized spacial score (nSPS) is 37.1. The molecule has 2 aromatic rings. The van der Waals surface area contributed by atoms with E-state index in [9.17, 15) is 10.2 Å². The van der Waals surface area contributed by atoms with Crippen molar-refractivity contribution >= 4 is 17.0 Å². The molecule has 0 unspecified atom stereocenters. The predicted molar refractivity (Wildman–Crippen MR) is 61.3 cm³/mol. The number of nitrogens with zero attached hydrogens (tertiary/aromatic N) is 4. The van der Waals surface area contributed by atoms with Gasteiger partial charge in [-0.2, -0.15) is 0 Å². The van der Waals surface area contributed by atoms with Crippen LogP contribution in [0.5, 0.6) is 0 Å². The monoisotopic (exact) mass is 252 g/mol. The van der Waals surface area contributed by atoms with E-state index >= 15 is 0 Å². The van der Waals surface area contributed by atoms with Gasteiger partial charge in [0.1, 0.15) is 24.1 Å². The molecular weight excluding hydrogens is 238 g/mol. The van der Waals surface area contributed by atoms with Crippen LogP contribution >= 0.6 is 0 Å². The summed E-state index contributed by atoms with van der Waals surface area (Å²) in [6.07, 6.45) is -2.62. The zero-order chi connectivity index (χ0) is 13.8. The highest BCUT2D eigenvalue weighted by Gasteiger charge is 2.41. The summed E-state index contributed by atoms with van der Waals surface area (Å²) in [6.45, 7) is 1.58. The molecule has 0 aliphatic carbocycles. The molecule has 2 aromatic heterocycles. The summed E-state index contributed by atoms with van der Waals surface area (Å²) >= 11 is 0. The third-order valence-corrected chi connectivity index (χ3v) is 2.96. The number of aromatic nitrogens is 4. The van der Waals surface area contributed by atoms with Gasteiger partial charge in [-0.25, -0.2) is 15.0 Å². The summed E-state index contributed by atoms with van der Waals surface area (Å²) in [4.78, 5) is 11.8. The minimum atomic E-state index is -1.89. The van der Waals surface area contributed by atoms with Crippen molar-refractivity contribution in [3.05, 3.63) is 12.7 Å². The van der Waals surface area contributed by atoms with Crippen LogP contribution in [-0.4, -0.2) is 48.0 Å².